The van der Waals surface area contributed by atoms with Crippen LogP contribution in [0.15, 0.2) is 6.07 Å². The number of aryl methyl sites for hydroxylation is 2. The molecule has 28 heavy (non-hydrogen) atoms. The molecule has 0 spiro atoms. The maximum Gasteiger partial charge on any atom is 0.223 e. The lowest BCUT2D eigenvalue weighted by molar-refractivity contribution is -0.126. The van der Waals surface area contributed by atoms with Crippen LogP contribution in [0.2, 0.25) is 0 Å². The van der Waals surface area contributed by atoms with E-state index in [-0.39, 0.29) is 5.92 Å². The number of nitrogens with zero attached hydrogens (tertiary/aromatic N) is 4. The van der Waals surface area contributed by atoms with Gasteiger partial charge in [-0.15, -0.1) is 0 Å². The van der Waals surface area contributed by atoms with E-state index in [1.807, 2.05) is 0 Å². The van der Waals surface area contributed by atoms with Crippen LogP contribution < -0.4 is 5.32 Å². The van der Waals surface area contributed by atoms with Crippen molar-refractivity contribution in [1.82, 2.24) is 24.9 Å². The summed E-state index contributed by atoms with van der Waals surface area (Å²) < 4.78 is 2.16. The Morgan fingerprint density at radius 3 is 2.36 bits per heavy atom. The number of hydrogen-bond donors (Lipinski definition) is 1. The van der Waals surface area contributed by atoms with Crippen molar-refractivity contribution in [2.75, 3.05) is 26.2 Å². The molecule has 1 aliphatic carbocycles. The third-order valence-electron chi connectivity index (χ3n) is 7.00. The molecule has 0 radical (unpaired) electrons. The maximum absolute atomic E-state index is 12.3. The smallest absolute Gasteiger partial charge is 0.223 e. The average Bonchev–Trinajstić information content (AvgIpc) is 3.45. The molecule has 1 amide bonds. The highest BCUT2D eigenvalue weighted by Gasteiger charge is 2.33. The van der Waals surface area contributed by atoms with Crippen LogP contribution >= 0.6 is 0 Å². The number of amides is 1. The Kier molecular flexibility index (Phi) is 6.07. The molecule has 2 saturated heterocycles. The molecule has 0 aromatic carbocycles. The van der Waals surface area contributed by atoms with E-state index < -0.39 is 0 Å². The first-order valence-electron chi connectivity index (χ1n) is 11.3. The van der Waals surface area contributed by atoms with Gasteiger partial charge in [-0.3, -0.25) is 14.4 Å². The zero-order valence-corrected chi connectivity index (χ0v) is 17.9. The van der Waals surface area contributed by atoms with E-state index in [4.69, 9.17) is 0 Å². The molecule has 6 nitrogen and oxygen atoms in total. The molecule has 2 aliphatic heterocycles. The topological polar surface area (TPSA) is 53.4 Å². The summed E-state index contributed by atoms with van der Waals surface area (Å²) in [5.74, 6) is 0.563. The van der Waals surface area contributed by atoms with Crippen molar-refractivity contribution < 1.29 is 4.79 Å². The van der Waals surface area contributed by atoms with E-state index in [2.05, 4.69) is 51.7 Å². The summed E-state index contributed by atoms with van der Waals surface area (Å²) >= 11 is 0. The number of rotatable bonds is 6. The Hall–Kier alpha value is -1.40. The number of aromatic nitrogens is 2. The highest BCUT2D eigenvalue weighted by Crippen LogP contribution is 2.26. The summed E-state index contributed by atoms with van der Waals surface area (Å²) in [6.07, 6.45) is 6.93. The Morgan fingerprint density at radius 1 is 1.11 bits per heavy atom. The predicted octanol–water partition coefficient (Wildman–Crippen LogP) is 2.34. The lowest BCUT2D eigenvalue weighted by atomic mass is 9.92. The van der Waals surface area contributed by atoms with Gasteiger partial charge in [0, 0.05) is 29.7 Å². The van der Waals surface area contributed by atoms with Crippen LogP contribution in [-0.2, 0) is 11.3 Å². The maximum atomic E-state index is 12.3. The number of piperidine rings is 2. The fourth-order valence-electron chi connectivity index (χ4n) is 4.99. The molecule has 3 fully saturated rings. The van der Waals surface area contributed by atoms with Gasteiger partial charge >= 0.3 is 0 Å². The van der Waals surface area contributed by atoms with Gasteiger partial charge in [-0.25, -0.2) is 0 Å². The van der Waals surface area contributed by atoms with Crippen LogP contribution in [0.4, 0.5) is 0 Å². The molecule has 1 aromatic rings. The number of carbonyl (C=O) groups is 1. The standard InChI is InChI=1S/C22H37N5O/c1-16-14-17(2)27(24-16)15-18(3)25-12-8-21(9-13-25)26-10-6-19(7-11-26)22(28)23-20-4-5-20/h14,18-21H,4-13,15H2,1-3H3,(H,23,28). The first-order valence-corrected chi connectivity index (χ1v) is 11.3. The number of likely N-dealkylation sites (tertiary alicyclic amines) is 2. The second kappa shape index (κ2) is 8.54. The molecule has 1 atom stereocenters. The molecule has 4 rings (SSSR count). The fraction of sp³-hybridized carbons (Fsp3) is 0.818. The van der Waals surface area contributed by atoms with Crippen molar-refractivity contribution >= 4 is 5.91 Å². The normalized spacial score (nSPS) is 24.4. The van der Waals surface area contributed by atoms with Crippen molar-refractivity contribution in [2.45, 2.75) is 84.0 Å². The minimum Gasteiger partial charge on any atom is -0.353 e. The fourth-order valence-corrected chi connectivity index (χ4v) is 4.99. The van der Waals surface area contributed by atoms with Gasteiger partial charge in [-0.1, -0.05) is 0 Å². The van der Waals surface area contributed by atoms with E-state index in [1.165, 1.54) is 44.5 Å². The molecule has 156 valence electrons. The molecule has 3 heterocycles. The number of hydrogen-bond acceptors (Lipinski definition) is 4. The molecule has 3 aliphatic rings. The third-order valence-corrected chi connectivity index (χ3v) is 7.00. The number of nitrogens with one attached hydrogen (secondary N) is 1. The number of carbonyl (C=O) groups excluding carboxylic acids is 1. The van der Waals surface area contributed by atoms with Gasteiger partial charge in [-0.2, -0.15) is 5.10 Å². The largest absolute Gasteiger partial charge is 0.353 e. The summed E-state index contributed by atoms with van der Waals surface area (Å²) in [5, 5.41) is 7.82. The Bertz CT molecular complexity index is 666. The minimum atomic E-state index is 0.248. The summed E-state index contributed by atoms with van der Waals surface area (Å²) in [4.78, 5) is 17.6. The summed E-state index contributed by atoms with van der Waals surface area (Å²) in [5.41, 5.74) is 2.37. The second-order valence-corrected chi connectivity index (χ2v) is 9.32. The van der Waals surface area contributed by atoms with Crippen LogP contribution in [0, 0.1) is 19.8 Å². The van der Waals surface area contributed by atoms with Crippen molar-refractivity contribution in [2.24, 2.45) is 5.92 Å². The molecule has 1 aromatic heterocycles. The van der Waals surface area contributed by atoms with Crippen LogP contribution in [0.3, 0.4) is 0 Å². The lowest BCUT2D eigenvalue weighted by Gasteiger charge is -2.43. The van der Waals surface area contributed by atoms with Gasteiger partial charge in [-0.05, 0) is 91.5 Å². The average molecular weight is 388 g/mol. The van der Waals surface area contributed by atoms with E-state index in [1.54, 1.807) is 0 Å². The zero-order chi connectivity index (χ0) is 19.7. The van der Waals surface area contributed by atoms with Crippen molar-refractivity contribution in [3.8, 4) is 0 Å². The summed E-state index contributed by atoms with van der Waals surface area (Å²) in [6, 6.07) is 3.87. The van der Waals surface area contributed by atoms with E-state index >= 15 is 0 Å². The van der Waals surface area contributed by atoms with Gasteiger partial charge in [0.1, 0.15) is 0 Å². The van der Waals surface area contributed by atoms with E-state index in [0.717, 1.165) is 38.2 Å². The SMILES string of the molecule is Cc1cc(C)n(CC(C)N2CCC(N3CCC(C(=O)NC4CC4)CC3)CC2)n1. The van der Waals surface area contributed by atoms with Gasteiger partial charge < -0.3 is 10.2 Å². The van der Waals surface area contributed by atoms with Crippen molar-refractivity contribution in [3.63, 3.8) is 0 Å². The van der Waals surface area contributed by atoms with Crippen LogP contribution in [-0.4, -0.2) is 69.8 Å². The van der Waals surface area contributed by atoms with Crippen LogP contribution in [0.25, 0.3) is 0 Å². The minimum absolute atomic E-state index is 0.248. The summed E-state index contributed by atoms with van der Waals surface area (Å²) in [7, 11) is 0. The van der Waals surface area contributed by atoms with Crippen LogP contribution in [0.1, 0.15) is 56.8 Å². The molecule has 1 unspecified atom stereocenters. The Morgan fingerprint density at radius 2 is 1.79 bits per heavy atom. The molecular formula is C22H37N5O. The van der Waals surface area contributed by atoms with Crippen molar-refractivity contribution in [1.29, 1.82) is 0 Å². The quantitative estimate of drug-likeness (QED) is 0.814. The molecule has 1 saturated carbocycles. The lowest BCUT2D eigenvalue weighted by Crippen LogP contribution is -2.51. The molecular weight excluding hydrogens is 350 g/mol. The zero-order valence-electron chi connectivity index (χ0n) is 17.9. The van der Waals surface area contributed by atoms with E-state index in [9.17, 15) is 4.79 Å². The van der Waals surface area contributed by atoms with Gasteiger partial charge in [0.15, 0.2) is 0 Å². The first kappa shape index (κ1) is 19.9. The summed E-state index contributed by atoms with van der Waals surface area (Å²) in [6.45, 7) is 12.1. The monoisotopic (exact) mass is 387 g/mol. The molecule has 6 heteroatoms. The van der Waals surface area contributed by atoms with Gasteiger partial charge in [0.05, 0.1) is 12.2 Å². The Balaban J connectivity index is 1.20. The van der Waals surface area contributed by atoms with Crippen molar-refractivity contribution in [3.05, 3.63) is 17.5 Å². The second-order valence-electron chi connectivity index (χ2n) is 9.32. The first-order chi connectivity index (χ1) is 13.5. The Labute approximate surface area is 169 Å². The third kappa shape index (κ3) is 4.77. The highest BCUT2D eigenvalue weighted by atomic mass is 16.2. The highest BCUT2D eigenvalue weighted by molar-refractivity contribution is 5.79. The van der Waals surface area contributed by atoms with E-state index in [0.29, 0.717) is 24.0 Å². The van der Waals surface area contributed by atoms with Gasteiger partial charge in [0.2, 0.25) is 5.91 Å². The molecule has 1 N–H and O–H groups in total. The molecule has 0 bridgehead atoms. The van der Waals surface area contributed by atoms with Gasteiger partial charge in [0.25, 0.3) is 0 Å². The van der Waals surface area contributed by atoms with Crippen LogP contribution in [0.5, 0.6) is 0 Å². The predicted molar refractivity (Wildman–Crippen MR) is 111 cm³/mol.